The molecule has 0 saturated carbocycles. The van der Waals surface area contributed by atoms with Crippen LogP contribution in [0.2, 0.25) is 0 Å². The summed E-state index contributed by atoms with van der Waals surface area (Å²) in [5.74, 6) is 0.350. The van der Waals surface area contributed by atoms with Crippen LogP contribution in [0.15, 0.2) is 14.6 Å². The zero-order valence-electron chi connectivity index (χ0n) is 13.4. The van der Waals surface area contributed by atoms with Gasteiger partial charge in [0.2, 0.25) is 11.5 Å². The van der Waals surface area contributed by atoms with Crippen LogP contribution in [-0.2, 0) is 18.3 Å². The van der Waals surface area contributed by atoms with Gasteiger partial charge < -0.3 is 9.84 Å². The van der Waals surface area contributed by atoms with Crippen molar-refractivity contribution in [3.05, 3.63) is 20.8 Å². The van der Waals surface area contributed by atoms with Gasteiger partial charge in [0.1, 0.15) is 6.10 Å². The molecular weight excluding hydrogens is 288 g/mol. The van der Waals surface area contributed by atoms with Crippen LogP contribution in [0, 0.1) is 0 Å². The van der Waals surface area contributed by atoms with Gasteiger partial charge in [-0.1, -0.05) is 0 Å². The monoisotopic (exact) mass is 311 g/mol. The van der Waals surface area contributed by atoms with E-state index in [0.717, 1.165) is 9.47 Å². The van der Waals surface area contributed by atoms with Crippen LogP contribution >= 0.6 is 0 Å². The quantitative estimate of drug-likeness (QED) is 0.722. The van der Waals surface area contributed by atoms with Gasteiger partial charge in [-0.05, 0) is 27.2 Å². The van der Waals surface area contributed by atoms with E-state index in [4.69, 9.17) is 9.84 Å². The van der Waals surface area contributed by atoms with Gasteiger partial charge in [0.05, 0.1) is 6.54 Å². The zero-order valence-corrected chi connectivity index (χ0v) is 13.4. The van der Waals surface area contributed by atoms with Crippen LogP contribution in [0.5, 0.6) is 0 Å². The average Bonchev–Trinajstić information content (AvgIpc) is 2.82. The lowest BCUT2D eigenvalue weighted by Gasteiger charge is -2.15. The summed E-state index contributed by atoms with van der Waals surface area (Å²) in [6, 6.07) is 0.416. The van der Waals surface area contributed by atoms with Gasteiger partial charge in [0, 0.05) is 20.2 Å². The molecule has 1 atom stereocenters. The van der Waals surface area contributed by atoms with Crippen molar-refractivity contribution in [1.82, 2.24) is 9.13 Å². The first-order valence-electron chi connectivity index (χ1n) is 7.48. The maximum absolute atomic E-state index is 12.7. The summed E-state index contributed by atoms with van der Waals surface area (Å²) >= 11 is 0. The molecule has 1 unspecified atom stereocenters. The summed E-state index contributed by atoms with van der Waals surface area (Å²) in [7, 11) is 1.59. The third kappa shape index (κ3) is 2.71. The Morgan fingerprint density at radius 2 is 2.05 bits per heavy atom. The van der Waals surface area contributed by atoms with E-state index in [-0.39, 0.29) is 24.8 Å². The zero-order chi connectivity index (χ0) is 16.4. The Morgan fingerprint density at radius 1 is 1.36 bits per heavy atom. The summed E-state index contributed by atoms with van der Waals surface area (Å²) in [4.78, 5) is 30.0. The molecule has 2 N–H and O–H groups in total. The van der Waals surface area contributed by atoms with E-state index in [0.29, 0.717) is 30.5 Å². The first-order valence-corrected chi connectivity index (χ1v) is 7.48. The molecule has 0 amide bonds. The van der Waals surface area contributed by atoms with Crippen LogP contribution in [0.3, 0.4) is 0 Å². The molecule has 2 rings (SSSR count). The molecule has 0 radical (unpaired) electrons. The van der Waals surface area contributed by atoms with Crippen LogP contribution in [-0.4, -0.2) is 39.5 Å². The lowest BCUT2D eigenvalue weighted by molar-refractivity contribution is -0.738. The number of quaternary nitrogens is 1. The summed E-state index contributed by atoms with van der Waals surface area (Å²) in [6.07, 6.45) is 0.286. The fourth-order valence-corrected chi connectivity index (χ4v) is 2.50. The number of ether oxygens (including phenoxy) is 1. The summed E-state index contributed by atoms with van der Waals surface area (Å²) in [5, 5.41) is 8.94. The summed E-state index contributed by atoms with van der Waals surface area (Å²) in [5.41, 5.74) is -0.366. The SMILES string of the molecule is CC[NH+]1C(OC(C)C)=Nc2c1c(=O)n(CCCO)c(=O)n2C. The van der Waals surface area contributed by atoms with Crippen molar-refractivity contribution in [2.24, 2.45) is 12.0 Å². The minimum atomic E-state index is -0.429. The molecule has 1 aliphatic heterocycles. The Kier molecular flexibility index (Phi) is 4.82. The Balaban J connectivity index is 2.59. The highest BCUT2D eigenvalue weighted by Crippen LogP contribution is 2.19. The van der Waals surface area contributed by atoms with E-state index in [2.05, 4.69) is 4.99 Å². The molecule has 0 bridgehead atoms. The first-order chi connectivity index (χ1) is 10.4. The molecular formula is C14H23N4O4+. The topological polar surface area (TPSA) is 90.3 Å². The maximum atomic E-state index is 12.7. The highest BCUT2D eigenvalue weighted by atomic mass is 16.5. The van der Waals surface area contributed by atoms with Gasteiger partial charge in [-0.25, -0.2) is 9.69 Å². The normalized spacial score (nSPS) is 16.8. The van der Waals surface area contributed by atoms with Crippen molar-refractivity contribution in [2.75, 3.05) is 13.2 Å². The molecule has 22 heavy (non-hydrogen) atoms. The van der Waals surface area contributed by atoms with Crippen molar-refractivity contribution >= 4 is 17.5 Å². The first kappa shape index (κ1) is 16.4. The predicted octanol–water partition coefficient (Wildman–Crippen LogP) is -1.11. The Labute approximate surface area is 128 Å². The predicted molar refractivity (Wildman–Crippen MR) is 82.1 cm³/mol. The number of hydrogen-bond donors (Lipinski definition) is 2. The number of aliphatic hydroxyl groups is 1. The highest BCUT2D eigenvalue weighted by molar-refractivity contribution is 5.78. The van der Waals surface area contributed by atoms with Crippen molar-refractivity contribution in [2.45, 2.75) is 39.8 Å². The molecule has 8 heteroatoms. The van der Waals surface area contributed by atoms with Crippen LogP contribution < -0.4 is 16.1 Å². The Bertz CT molecular complexity index is 702. The van der Waals surface area contributed by atoms with E-state index < -0.39 is 5.69 Å². The number of nitrogens with zero attached hydrogens (tertiary/aromatic N) is 3. The molecule has 1 aliphatic rings. The molecule has 0 aliphatic carbocycles. The van der Waals surface area contributed by atoms with E-state index in [1.807, 2.05) is 20.8 Å². The van der Waals surface area contributed by atoms with Crippen molar-refractivity contribution in [1.29, 1.82) is 0 Å². The smallest absolute Gasteiger partial charge is 0.405 e. The lowest BCUT2D eigenvalue weighted by atomic mass is 10.4. The van der Waals surface area contributed by atoms with Gasteiger partial charge in [-0.2, -0.15) is 0 Å². The van der Waals surface area contributed by atoms with Crippen molar-refractivity contribution in [3.63, 3.8) is 0 Å². The molecule has 0 spiro atoms. The number of hydrogen-bond acceptors (Lipinski definition) is 5. The molecule has 122 valence electrons. The number of aromatic nitrogens is 2. The highest BCUT2D eigenvalue weighted by Gasteiger charge is 2.37. The Morgan fingerprint density at radius 3 is 2.59 bits per heavy atom. The number of aliphatic hydroxyl groups excluding tert-OH is 1. The minimum absolute atomic E-state index is 0.0664. The largest absolute Gasteiger partial charge is 0.434 e. The second-order valence-corrected chi connectivity index (χ2v) is 5.49. The molecule has 0 saturated heterocycles. The maximum Gasteiger partial charge on any atom is 0.405 e. The number of fused-ring (bicyclic) bond motifs is 1. The average molecular weight is 311 g/mol. The van der Waals surface area contributed by atoms with Gasteiger partial charge in [0.15, 0.2) is 0 Å². The van der Waals surface area contributed by atoms with Crippen LogP contribution in [0.25, 0.3) is 0 Å². The molecule has 0 aromatic carbocycles. The minimum Gasteiger partial charge on any atom is -0.434 e. The molecule has 2 heterocycles. The van der Waals surface area contributed by atoms with E-state index >= 15 is 0 Å². The number of amidine groups is 1. The Hall–Kier alpha value is -1.93. The second kappa shape index (κ2) is 6.45. The second-order valence-electron chi connectivity index (χ2n) is 5.49. The third-order valence-corrected chi connectivity index (χ3v) is 3.53. The number of rotatable bonds is 5. The number of nitrogens with one attached hydrogen (secondary N) is 1. The third-order valence-electron chi connectivity index (χ3n) is 3.53. The van der Waals surface area contributed by atoms with Crippen LogP contribution in [0.1, 0.15) is 27.2 Å². The summed E-state index contributed by atoms with van der Waals surface area (Å²) < 4.78 is 8.19. The van der Waals surface area contributed by atoms with E-state index in [1.54, 1.807) is 7.05 Å². The van der Waals surface area contributed by atoms with E-state index in [1.165, 1.54) is 4.57 Å². The van der Waals surface area contributed by atoms with E-state index in [9.17, 15) is 9.59 Å². The summed E-state index contributed by atoms with van der Waals surface area (Å²) in [6.45, 7) is 6.40. The van der Waals surface area contributed by atoms with Gasteiger partial charge in [-0.15, -0.1) is 4.99 Å². The van der Waals surface area contributed by atoms with Crippen molar-refractivity contribution in [3.8, 4) is 0 Å². The standard InChI is InChI=1S/C14H22N4O4/c1-5-17-10-11(15-13(17)22-9(2)3)16(4)14(21)18(12(10)20)7-6-8-19/h9,19H,5-8H2,1-4H3/p+1. The van der Waals surface area contributed by atoms with Gasteiger partial charge in [-0.3, -0.25) is 13.9 Å². The molecule has 8 nitrogen and oxygen atoms in total. The fourth-order valence-electron chi connectivity index (χ4n) is 2.50. The fraction of sp³-hybridized carbons (Fsp3) is 0.643. The molecule has 1 aromatic heterocycles. The van der Waals surface area contributed by atoms with Gasteiger partial charge >= 0.3 is 17.3 Å². The number of aliphatic imine (C=N–C) groups is 1. The molecule has 0 fully saturated rings. The van der Waals surface area contributed by atoms with Gasteiger partial charge in [0.25, 0.3) is 0 Å². The molecule has 1 aromatic rings. The van der Waals surface area contributed by atoms with Crippen molar-refractivity contribution < 1.29 is 14.7 Å². The van der Waals surface area contributed by atoms with Crippen LogP contribution in [0.4, 0.5) is 11.5 Å². The lowest BCUT2D eigenvalue weighted by Crippen LogP contribution is -3.10.